The number of hydrogen-bond acceptors (Lipinski definition) is 5. The predicted octanol–water partition coefficient (Wildman–Crippen LogP) is 3.54. The van der Waals surface area contributed by atoms with E-state index in [1.807, 2.05) is 11.3 Å². The van der Waals surface area contributed by atoms with Gasteiger partial charge in [0.05, 0.1) is 16.8 Å². The average Bonchev–Trinajstić information content (AvgIpc) is 2.96. The Bertz CT molecular complexity index is 1080. The number of carbonyl (C=O) groups is 1. The van der Waals surface area contributed by atoms with Crippen molar-refractivity contribution >= 4 is 28.8 Å². The highest BCUT2D eigenvalue weighted by Gasteiger charge is 2.26. The first kappa shape index (κ1) is 20.9. The second-order valence-electron chi connectivity index (χ2n) is 6.88. The van der Waals surface area contributed by atoms with Gasteiger partial charge < -0.3 is 15.8 Å². The molecule has 0 bridgehead atoms. The number of amides is 1. The van der Waals surface area contributed by atoms with Crippen LogP contribution in [0.2, 0.25) is 5.02 Å². The van der Waals surface area contributed by atoms with Crippen molar-refractivity contribution in [2.45, 2.75) is 40.2 Å². The SMILES string of the molecule is CCNC(=O)c1c(F)c(Cl)cc(Cc2nc(C)c3c(N)nccn23)c1OC(C)C. The van der Waals surface area contributed by atoms with Gasteiger partial charge in [0.15, 0.2) is 5.82 Å². The average molecular weight is 420 g/mol. The Morgan fingerprint density at radius 2 is 2.17 bits per heavy atom. The monoisotopic (exact) mass is 419 g/mol. The van der Waals surface area contributed by atoms with Gasteiger partial charge in [0.1, 0.15) is 28.5 Å². The number of halogens is 2. The zero-order chi connectivity index (χ0) is 21.3. The number of nitrogen functional groups attached to an aromatic ring is 1. The smallest absolute Gasteiger partial charge is 0.258 e. The summed E-state index contributed by atoms with van der Waals surface area (Å²) in [5, 5.41) is 2.46. The van der Waals surface area contributed by atoms with Crippen LogP contribution >= 0.6 is 11.6 Å². The van der Waals surface area contributed by atoms with Crippen LogP contribution in [-0.2, 0) is 6.42 Å². The van der Waals surface area contributed by atoms with Crippen molar-refractivity contribution in [3.63, 3.8) is 0 Å². The summed E-state index contributed by atoms with van der Waals surface area (Å²) in [5.41, 5.74) is 7.74. The number of aromatic nitrogens is 3. The zero-order valence-corrected chi connectivity index (χ0v) is 17.5. The molecular formula is C20H23ClFN5O2. The highest BCUT2D eigenvalue weighted by molar-refractivity contribution is 6.31. The largest absolute Gasteiger partial charge is 0.490 e. The lowest BCUT2D eigenvalue weighted by atomic mass is 10.0. The molecule has 0 unspecified atom stereocenters. The molecule has 154 valence electrons. The van der Waals surface area contributed by atoms with Gasteiger partial charge in [-0.2, -0.15) is 0 Å². The van der Waals surface area contributed by atoms with Crippen molar-refractivity contribution < 1.29 is 13.9 Å². The van der Waals surface area contributed by atoms with Crippen molar-refractivity contribution in [2.24, 2.45) is 0 Å². The molecule has 0 atom stereocenters. The lowest BCUT2D eigenvalue weighted by molar-refractivity contribution is 0.0945. The third-order valence-electron chi connectivity index (χ3n) is 4.35. The summed E-state index contributed by atoms with van der Waals surface area (Å²) in [5.74, 6) is -0.229. The van der Waals surface area contributed by atoms with Crippen LogP contribution in [-0.4, -0.2) is 32.9 Å². The second-order valence-corrected chi connectivity index (χ2v) is 7.29. The maximum absolute atomic E-state index is 14.8. The molecule has 0 aliphatic heterocycles. The molecule has 1 aromatic carbocycles. The Balaban J connectivity index is 2.19. The van der Waals surface area contributed by atoms with Crippen LogP contribution in [0.4, 0.5) is 10.2 Å². The predicted molar refractivity (Wildman–Crippen MR) is 110 cm³/mol. The molecule has 7 nitrogen and oxygen atoms in total. The lowest BCUT2D eigenvalue weighted by Crippen LogP contribution is -2.26. The molecule has 0 aliphatic rings. The fourth-order valence-electron chi connectivity index (χ4n) is 3.22. The van der Waals surface area contributed by atoms with Crippen LogP contribution in [0.3, 0.4) is 0 Å². The number of hydrogen-bond donors (Lipinski definition) is 2. The van der Waals surface area contributed by atoms with E-state index in [1.165, 1.54) is 6.07 Å². The number of rotatable bonds is 6. The second kappa shape index (κ2) is 8.24. The lowest BCUT2D eigenvalue weighted by Gasteiger charge is -2.19. The molecule has 3 aromatic rings. The molecule has 9 heteroatoms. The van der Waals surface area contributed by atoms with Crippen LogP contribution in [0.25, 0.3) is 5.52 Å². The number of benzene rings is 1. The summed E-state index contributed by atoms with van der Waals surface area (Å²) >= 11 is 6.12. The number of nitrogens with one attached hydrogen (secondary N) is 1. The van der Waals surface area contributed by atoms with Gasteiger partial charge in [0.2, 0.25) is 0 Å². The number of anilines is 1. The first-order chi connectivity index (χ1) is 13.7. The minimum atomic E-state index is -0.811. The van der Waals surface area contributed by atoms with Gasteiger partial charge in [-0.25, -0.2) is 14.4 Å². The standard InChI is InChI=1S/C20H23ClFN5O2/c1-5-24-20(28)15-16(22)13(21)8-12(18(15)29-10(2)3)9-14-26-11(4)17-19(23)25-6-7-27(14)17/h6-8,10H,5,9H2,1-4H3,(H2,23,25)(H,24,28). The fraction of sp³-hybridized carbons (Fsp3) is 0.350. The van der Waals surface area contributed by atoms with Crippen LogP contribution in [0.1, 0.15) is 48.2 Å². The topological polar surface area (TPSA) is 94.5 Å². The molecule has 2 aromatic heterocycles. The summed E-state index contributed by atoms with van der Waals surface area (Å²) in [4.78, 5) is 21.2. The van der Waals surface area contributed by atoms with Crippen molar-refractivity contribution in [2.75, 3.05) is 12.3 Å². The third kappa shape index (κ3) is 3.98. The van der Waals surface area contributed by atoms with Crippen molar-refractivity contribution in [1.82, 2.24) is 19.7 Å². The maximum Gasteiger partial charge on any atom is 0.258 e. The molecule has 29 heavy (non-hydrogen) atoms. The van der Waals surface area contributed by atoms with E-state index in [4.69, 9.17) is 22.1 Å². The minimum absolute atomic E-state index is 0.156. The van der Waals surface area contributed by atoms with E-state index >= 15 is 0 Å². The Hall–Kier alpha value is -2.87. The van der Waals surface area contributed by atoms with Crippen LogP contribution in [0, 0.1) is 12.7 Å². The molecule has 0 fully saturated rings. The molecular weight excluding hydrogens is 397 g/mol. The van der Waals surface area contributed by atoms with E-state index in [0.29, 0.717) is 35.0 Å². The van der Waals surface area contributed by atoms with E-state index in [2.05, 4.69) is 15.3 Å². The number of nitrogens with zero attached hydrogens (tertiary/aromatic N) is 3. The molecule has 2 heterocycles. The summed E-state index contributed by atoms with van der Waals surface area (Å²) < 4.78 is 22.5. The molecule has 0 saturated carbocycles. The molecule has 3 rings (SSSR count). The molecule has 1 amide bonds. The van der Waals surface area contributed by atoms with Crippen molar-refractivity contribution in [1.29, 1.82) is 0 Å². The van der Waals surface area contributed by atoms with Crippen molar-refractivity contribution in [3.8, 4) is 5.75 Å². The number of carbonyl (C=O) groups excluding carboxylic acids is 1. The first-order valence-electron chi connectivity index (χ1n) is 9.28. The molecule has 0 radical (unpaired) electrons. The van der Waals surface area contributed by atoms with Crippen LogP contribution in [0.15, 0.2) is 18.5 Å². The number of fused-ring (bicyclic) bond motifs is 1. The Labute approximate surface area is 173 Å². The molecule has 3 N–H and O–H groups in total. The van der Waals surface area contributed by atoms with Gasteiger partial charge in [-0.15, -0.1) is 0 Å². The van der Waals surface area contributed by atoms with Gasteiger partial charge in [-0.3, -0.25) is 9.20 Å². The van der Waals surface area contributed by atoms with Crippen LogP contribution < -0.4 is 15.8 Å². The Morgan fingerprint density at radius 3 is 2.83 bits per heavy atom. The summed E-state index contributed by atoms with van der Waals surface area (Å²) in [6.45, 7) is 7.54. The summed E-state index contributed by atoms with van der Waals surface area (Å²) in [6.07, 6.45) is 3.31. The van der Waals surface area contributed by atoms with E-state index in [0.717, 1.165) is 0 Å². The third-order valence-corrected chi connectivity index (χ3v) is 4.62. The Morgan fingerprint density at radius 1 is 1.45 bits per heavy atom. The summed E-state index contributed by atoms with van der Waals surface area (Å²) in [6, 6.07) is 1.47. The zero-order valence-electron chi connectivity index (χ0n) is 16.7. The molecule has 0 saturated heterocycles. The normalized spacial score (nSPS) is 11.3. The Kier molecular flexibility index (Phi) is 5.93. The quantitative estimate of drug-likeness (QED) is 0.637. The molecule has 0 aliphatic carbocycles. The number of nitrogens with two attached hydrogens (primary N) is 1. The number of aryl methyl sites for hydroxylation is 1. The van der Waals surface area contributed by atoms with Crippen LogP contribution in [0.5, 0.6) is 5.75 Å². The maximum atomic E-state index is 14.8. The van der Waals surface area contributed by atoms with E-state index in [-0.39, 0.29) is 28.9 Å². The molecule has 0 spiro atoms. The number of ether oxygens (including phenoxy) is 1. The first-order valence-corrected chi connectivity index (χ1v) is 9.66. The highest BCUT2D eigenvalue weighted by Crippen LogP contribution is 2.34. The van der Waals surface area contributed by atoms with Gasteiger partial charge in [0.25, 0.3) is 5.91 Å². The van der Waals surface area contributed by atoms with E-state index in [1.54, 1.807) is 33.2 Å². The van der Waals surface area contributed by atoms with Gasteiger partial charge in [-0.05, 0) is 33.8 Å². The van der Waals surface area contributed by atoms with E-state index < -0.39 is 11.7 Å². The highest BCUT2D eigenvalue weighted by atomic mass is 35.5. The van der Waals surface area contributed by atoms with E-state index in [9.17, 15) is 9.18 Å². The van der Waals surface area contributed by atoms with Gasteiger partial charge >= 0.3 is 0 Å². The van der Waals surface area contributed by atoms with Gasteiger partial charge in [0, 0.05) is 30.9 Å². The number of imidazole rings is 1. The van der Waals surface area contributed by atoms with Gasteiger partial charge in [-0.1, -0.05) is 11.6 Å². The minimum Gasteiger partial charge on any atom is -0.490 e. The fourth-order valence-corrected chi connectivity index (χ4v) is 3.45. The summed E-state index contributed by atoms with van der Waals surface area (Å²) in [7, 11) is 0. The van der Waals surface area contributed by atoms with Crippen molar-refractivity contribution in [3.05, 3.63) is 51.9 Å².